The number of nitrogens with one attached hydrogen (secondary N) is 1. The van der Waals surface area contributed by atoms with Gasteiger partial charge in [-0.15, -0.1) is 11.3 Å². The number of carbonyl (C=O) groups excluding carboxylic acids is 1. The lowest BCUT2D eigenvalue weighted by Crippen LogP contribution is -2.39. The molecular weight excluding hydrogens is 270 g/mol. The molecule has 1 heterocycles. The van der Waals surface area contributed by atoms with Gasteiger partial charge in [0.15, 0.2) is 0 Å². The van der Waals surface area contributed by atoms with Gasteiger partial charge in [0.1, 0.15) is 0 Å². The number of hydrogen-bond donors (Lipinski definition) is 2. The highest BCUT2D eigenvalue weighted by molar-refractivity contribution is 7.12. The third kappa shape index (κ3) is 3.68. The maximum atomic E-state index is 12.2. The van der Waals surface area contributed by atoms with Gasteiger partial charge in [-0.1, -0.05) is 30.3 Å². The second-order valence-electron chi connectivity index (χ2n) is 4.87. The summed E-state index contributed by atoms with van der Waals surface area (Å²) in [5.41, 5.74) is 1.81. The summed E-state index contributed by atoms with van der Waals surface area (Å²) >= 11 is 1.61. The van der Waals surface area contributed by atoms with Gasteiger partial charge in [-0.25, -0.2) is 0 Å². The molecule has 2 N–H and O–H groups in total. The maximum absolute atomic E-state index is 12.2. The number of hydrogen-bond acceptors (Lipinski definition) is 3. The van der Waals surface area contributed by atoms with Gasteiger partial charge in [0.25, 0.3) is 5.91 Å². The second kappa shape index (κ2) is 6.68. The van der Waals surface area contributed by atoms with Crippen molar-refractivity contribution in [1.82, 2.24) is 5.32 Å². The van der Waals surface area contributed by atoms with Crippen molar-refractivity contribution in [3.63, 3.8) is 0 Å². The third-order valence-corrected chi connectivity index (χ3v) is 4.13. The van der Waals surface area contributed by atoms with Crippen molar-refractivity contribution < 1.29 is 9.90 Å². The van der Waals surface area contributed by atoms with Crippen LogP contribution in [0.25, 0.3) is 0 Å². The maximum Gasteiger partial charge on any atom is 0.252 e. The third-order valence-electron chi connectivity index (χ3n) is 3.17. The number of benzene rings is 1. The summed E-state index contributed by atoms with van der Waals surface area (Å²) in [6.45, 7) is 3.86. The molecule has 4 heteroatoms. The minimum atomic E-state index is -0.260. The molecule has 0 spiro atoms. The molecule has 1 unspecified atom stereocenters. The first-order valence-corrected chi connectivity index (χ1v) is 7.44. The van der Waals surface area contributed by atoms with Crippen molar-refractivity contribution in [2.24, 2.45) is 0 Å². The highest BCUT2D eigenvalue weighted by atomic mass is 32.1. The lowest BCUT2D eigenvalue weighted by Gasteiger charge is -2.16. The summed E-state index contributed by atoms with van der Waals surface area (Å²) in [6, 6.07) is 11.5. The van der Waals surface area contributed by atoms with E-state index < -0.39 is 0 Å². The fraction of sp³-hybridized carbons (Fsp3) is 0.312. The van der Waals surface area contributed by atoms with Crippen LogP contribution < -0.4 is 5.32 Å². The Balaban J connectivity index is 2.03. The number of aliphatic hydroxyl groups is 1. The Morgan fingerprint density at radius 3 is 2.55 bits per heavy atom. The molecule has 0 saturated heterocycles. The van der Waals surface area contributed by atoms with Crippen LogP contribution in [0.15, 0.2) is 36.4 Å². The Kier molecular flexibility index (Phi) is 4.93. The standard InChI is InChI=1S/C16H19NO2S/c1-11-8-15(12(2)20-11)16(19)17-14(10-18)9-13-6-4-3-5-7-13/h3-8,14,18H,9-10H2,1-2H3,(H,17,19). The van der Waals surface area contributed by atoms with Gasteiger partial charge in [-0.2, -0.15) is 0 Å². The number of aliphatic hydroxyl groups excluding tert-OH is 1. The zero-order chi connectivity index (χ0) is 14.5. The predicted molar refractivity (Wildman–Crippen MR) is 82.3 cm³/mol. The van der Waals surface area contributed by atoms with E-state index in [0.29, 0.717) is 12.0 Å². The molecule has 0 aliphatic rings. The van der Waals surface area contributed by atoms with E-state index in [0.717, 1.165) is 15.3 Å². The molecule has 1 aromatic carbocycles. The van der Waals surface area contributed by atoms with Crippen LogP contribution in [-0.4, -0.2) is 23.7 Å². The van der Waals surface area contributed by atoms with E-state index >= 15 is 0 Å². The molecule has 2 rings (SSSR count). The van der Waals surface area contributed by atoms with Crippen LogP contribution in [0.1, 0.15) is 25.7 Å². The largest absolute Gasteiger partial charge is 0.394 e. The van der Waals surface area contributed by atoms with Gasteiger partial charge in [0.2, 0.25) is 0 Å². The zero-order valence-corrected chi connectivity index (χ0v) is 12.5. The molecule has 3 nitrogen and oxygen atoms in total. The predicted octanol–water partition coefficient (Wildman–Crippen LogP) is 2.70. The Hall–Kier alpha value is -1.65. The molecule has 106 valence electrons. The van der Waals surface area contributed by atoms with Crippen LogP contribution in [0.3, 0.4) is 0 Å². The van der Waals surface area contributed by atoms with Gasteiger partial charge in [0, 0.05) is 9.75 Å². The summed E-state index contributed by atoms with van der Waals surface area (Å²) < 4.78 is 0. The number of aryl methyl sites for hydroxylation is 2. The molecular formula is C16H19NO2S. The SMILES string of the molecule is Cc1cc(C(=O)NC(CO)Cc2ccccc2)c(C)s1. The van der Waals surface area contributed by atoms with Gasteiger partial charge in [-0.3, -0.25) is 4.79 Å². The van der Waals surface area contributed by atoms with E-state index in [1.165, 1.54) is 0 Å². The van der Waals surface area contributed by atoms with E-state index in [4.69, 9.17) is 0 Å². The molecule has 0 bridgehead atoms. The van der Waals surface area contributed by atoms with Crippen LogP contribution >= 0.6 is 11.3 Å². The first-order valence-electron chi connectivity index (χ1n) is 6.63. The lowest BCUT2D eigenvalue weighted by atomic mass is 10.1. The minimum Gasteiger partial charge on any atom is -0.394 e. The molecule has 0 aliphatic carbocycles. The van der Waals surface area contributed by atoms with Gasteiger partial charge in [-0.05, 0) is 31.9 Å². The van der Waals surface area contributed by atoms with E-state index in [1.807, 2.05) is 50.2 Å². The highest BCUT2D eigenvalue weighted by Crippen LogP contribution is 2.20. The van der Waals surface area contributed by atoms with Gasteiger partial charge >= 0.3 is 0 Å². The molecule has 1 aromatic heterocycles. The molecule has 2 aromatic rings. The monoisotopic (exact) mass is 289 g/mol. The van der Waals surface area contributed by atoms with Crippen molar-refractivity contribution in [2.75, 3.05) is 6.61 Å². The van der Waals surface area contributed by atoms with Crippen molar-refractivity contribution in [3.8, 4) is 0 Å². The topological polar surface area (TPSA) is 49.3 Å². The van der Waals surface area contributed by atoms with E-state index in [9.17, 15) is 9.90 Å². The number of carbonyl (C=O) groups is 1. The highest BCUT2D eigenvalue weighted by Gasteiger charge is 2.16. The average molecular weight is 289 g/mol. The Morgan fingerprint density at radius 1 is 1.30 bits per heavy atom. The fourth-order valence-electron chi connectivity index (χ4n) is 2.18. The molecule has 1 atom stereocenters. The second-order valence-corrected chi connectivity index (χ2v) is 6.33. The Morgan fingerprint density at radius 2 is 2.00 bits per heavy atom. The van der Waals surface area contributed by atoms with Crippen LogP contribution in [0, 0.1) is 13.8 Å². The molecule has 0 radical (unpaired) electrons. The van der Waals surface area contributed by atoms with Gasteiger partial charge in [0.05, 0.1) is 18.2 Å². The van der Waals surface area contributed by atoms with Crippen molar-refractivity contribution in [2.45, 2.75) is 26.3 Å². The Labute approximate surface area is 123 Å². The molecule has 0 aliphatic heterocycles. The Bertz CT molecular complexity index is 577. The number of thiophene rings is 1. The van der Waals surface area contributed by atoms with Crippen LogP contribution in [-0.2, 0) is 6.42 Å². The summed E-state index contributed by atoms with van der Waals surface area (Å²) in [5.74, 6) is -0.109. The molecule has 20 heavy (non-hydrogen) atoms. The van der Waals surface area contributed by atoms with Crippen LogP contribution in [0.2, 0.25) is 0 Å². The van der Waals surface area contributed by atoms with Crippen molar-refractivity contribution in [1.29, 1.82) is 0 Å². The van der Waals surface area contributed by atoms with Crippen molar-refractivity contribution >= 4 is 17.2 Å². The normalized spacial score (nSPS) is 12.2. The minimum absolute atomic E-state index is 0.0667. The van der Waals surface area contributed by atoms with E-state index in [1.54, 1.807) is 11.3 Å². The quantitative estimate of drug-likeness (QED) is 0.889. The molecule has 1 amide bonds. The summed E-state index contributed by atoms with van der Waals surface area (Å²) in [4.78, 5) is 14.4. The number of rotatable bonds is 5. The lowest BCUT2D eigenvalue weighted by molar-refractivity contribution is 0.0916. The average Bonchev–Trinajstić information content (AvgIpc) is 2.78. The first-order chi connectivity index (χ1) is 9.60. The summed E-state index contributed by atoms with van der Waals surface area (Å²) in [5, 5.41) is 12.3. The first kappa shape index (κ1) is 14.8. The van der Waals surface area contributed by atoms with Crippen LogP contribution in [0.4, 0.5) is 0 Å². The summed E-state index contributed by atoms with van der Waals surface area (Å²) in [6.07, 6.45) is 0.630. The molecule has 0 saturated carbocycles. The van der Waals surface area contributed by atoms with E-state index in [-0.39, 0.29) is 18.6 Å². The fourth-order valence-corrected chi connectivity index (χ4v) is 3.10. The molecule has 0 fully saturated rings. The van der Waals surface area contributed by atoms with Crippen LogP contribution in [0.5, 0.6) is 0 Å². The van der Waals surface area contributed by atoms with E-state index in [2.05, 4.69) is 5.32 Å². The zero-order valence-electron chi connectivity index (χ0n) is 11.7. The van der Waals surface area contributed by atoms with Gasteiger partial charge < -0.3 is 10.4 Å². The smallest absolute Gasteiger partial charge is 0.252 e. The summed E-state index contributed by atoms with van der Waals surface area (Å²) in [7, 11) is 0. The number of amides is 1. The van der Waals surface area contributed by atoms with Crippen molar-refractivity contribution in [3.05, 3.63) is 57.3 Å².